The van der Waals surface area contributed by atoms with Gasteiger partial charge in [0.25, 0.3) is 0 Å². The second-order valence-corrected chi connectivity index (χ2v) is 9.20. The summed E-state index contributed by atoms with van der Waals surface area (Å²) in [4.78, 5) is 28.7. The van der Waals surface area contributed by atoms with Crippen molar-refractivity contribution in [1.82, 2.24) is 15.6 Å². The van der Waals surface area contributed by atoms with E-state index < -0.39 is 11.3 Å². The van der Waals surface area contributed by atoms with Gasteiger partial charge >= 0.3 is 6.03 Å². The molecule has 25 heavy (non-hydrogen) atoms. The van der Waals surface area contributed by atoms with Crippen molar-refractivity contribution in [1.29, 1.82) is 0 Å². The zero-order chi connectivity index (χ0) is 17.8. The molecule has 1 aliphatic rings. The maximum Gasteiger partial charge on any atom is 0.321 e. The molecule has 134 valence electrons. The Bertz CT molecular complexity index is 774. The molecule has 1 fully saturated rings. The van der Waals surface area contributed by atoms with Crippen molar-refractivity contribution >= 4 is 56.9 Å². The molecule has 8 heteroatoms. The van der Waals surface area contributed by atoms with Gasteiger partial charge in [-0.05, 0) is 38.0 Å². The molecule has 1 atom stereocenters. The highest BCUT2D eigenvalue weighted by Gasteiger charge is 2.21. The Morgan fingerprint density at radius 3 is 2.84 bits per heavy atom. The molecule has 0 spiro atoms. The van der Waals surface area contributed by atoms with Crippen LogP contribution in [0.2, 0.25) is 5.02 Å². The van der Waals surface area contributed by atoms with E-state index in [4.69, 9.17) is 11.6 Å². The summed E-state index contributed by atoms with van der Waals surface area (Å²) in [5.41, 5.74) is 0.822. The third-order valence-electron chi connectivity index (χ3n) is 4.15. The fourth-order valence-corrected chi connectivity index (χ4v) is 5.17. The number of amides is 3. The largest absolute Gasteiger partial charge is 0.335 e. The van der Waals surface area contributed by atoms with Crippen molar-refractivity contribution in [3.05, 3.63) is 23.2 Å². The van der Waals surface area contributed by atoms with Crippen LogP contribution in [0, 0.1) is 0 Å². The standard InChI is InChI=1S/C17H20ClN3O2S2/c1-10(15(22)21-16(23)19-12-5-3-2-4-6-12)24-17-20-13-9-11(18)7-8-14(13)25-17/h7-10,12H,2-6H2,1H3,(H2,19,21,22,23)/t10-/m1/s1. The number of imide groups is 1. The number of thioether (sulfide) groups is 1. The number of carbonyl (C=O) groups excluding carboxylic acids is 2. The van der Waals surface area contributed by atoms with E-state index in [0.29, 0.717) is 5.02 Å². The average Bonchev–Trinajstić information content (AvgIpc) is 2.96. The predicted octanol–water partition coefficient (Wildman–Crippen LogP) is 4.59. The second-order valence-electron chi connectivity index (χ2n) is 6.15. The third-order valence-corrected chi connectivity index (χ3v) is 6.62. The van der Waals surface area contributed by atoms with Gasteiger partial charge in [-0.3, -0.25) is 10.1 Å². The molecule has 1 saturated carbocycles. The Kier molecular flexibility index (Phi) is 6.19. The maximum absolute atomic E-state index is 12.2. The molecule has 2 aromatic rings. The summed E-state index contributed by atoms with van der Waals surface area (Å²) in [6, 6.07) is 5.32. The Balaban J connectivity index is 1.53. The van der Waals surface area contributed by atoms with Crippen LogP contribution in [0.3, 0.4) is 0 Å². The number of benzene rings is 1. The number of nitrogens with one attached hydrogen (secondary N) is 2. The van der Waals surface area contributed by atoms with E-state index in [1.165, 1.54) is 29.5 Å². The molecule has 0 bridgehead atoms. The van der Waals surface area contributed by atoms with Gasteiger partial charge in [0.2, 0.25) is 5.91 Å². The number of rotatable bonds is 4. The summed E-state index contributed by atoms with van der Waals surface area (Å²) < 4.78 is 1.81. The molecule has 3 amide bonds. The first-order chi connectivity index (χ1) is 12.0. The van der Waals surface area contributed by atoms with Crippen molar-refractivity contribution < 1.29 is 9.59 Å². The minimum absolute atomic E-state index is 0.179. The van der Waals surface area contributed by atoms with E-state index >= 15 is 0 Å². The topological polar surface area (TPSA) is 71.1 Å². The maximum atomic E-state index is 12.2. The molecule has 0 radical (unpaired) electrons. The lowest BCUT2D eigenvalue weighted by atomic mass is 9.96. The Labute approximate surface area is 159 Å². The first-order valence-corrected chi connectivity index (χ1v) is 10.4. The number of carbonyl (C=O) groups is 2. The molecule has 5 nitrogen and oxygen atoms in total. The van der Waals surface area contributed by atoms with E-state index in [-0.39, 0.29) is 11.9 Å². The van der Waals surface area contributed by atoms with E-state index in [9.17, 15) is 9.59 Å². The van der Waals surface area contributed by atoms with Gasteiger partial charge < -0.3 is 5.32 Å². The number of thiazole rings is 1. The van der Waals surface area contributed by atoms with Gasteiger partial charge in [0.05, 0.1) is 15.5 Å². The second kappa shape index (κ2) is 8.38. The average molecular weight is 398 g/mol. The van der Waals surface area contributed by atoms with Gasteiger partial charge in [0, 0.05) is 11.1 Å². The summed E-state index contributed by atoms with van der Waals surface area (Å²) in [5.74, 6) is -0.310. The summed E-state index contributed by atoms with van der Waals surface area (Å²) in [6.07, 6.45) is 5.46. The quantitative estimate of drug-likeness (QED) is 0.740. The molecule has 1 aromatic carbocycles. The molecule has 0 aliphatic heterocycles. The van der Waals surface area contributed by atoms with E-state index in [1.807, 2.05) is 12.1 Å². The van der Waals surface area contributed by atoms with Crippen LogP contribution in [0.25, 0.3) is 10.2 Å². The molecule has 3 rings (SSSR count). The van der Waals surface area contributed by atoms with Crippen molar-refractivity contribution in [2.24, 2.45) is 0 Å². The van der Waals surface area contributed by atoms with Gasteiger partial charge in [-0.1, -0.05) is 42.6 Å². The van der Waals surface area contributed by atoms with Crippen LogP contribution in [0.15, 0.2) is 22.5 Å². The molecule has 0 saturated heterocycles. The number of hydrogen-bond acceptors (Lipinski definition) is 5. The number of hydrogen-bond donors (Lipinski definition) is 2. The molecule has 0 unspecified atom stereocenters. The summed E-state index contributed by atoms with van der Waals surface area (Å²) in [6.45, 7) is 1.77. The number of urea groups is 1. The first-order valence-electron chi connectivity index (χ1n) is 8.35. The minimum atomic E-state index is -0.409. The molecule has 1 aromatic heterocycles. The molecule has 2 N–H and O–H groups in total. The van der Waals surface area contributed by atoms with Gasteiger partial charge in [-0.2, -0.15) is 0 Å². The van der Waals surface area contributed by atoms with Gasteiger partial charge in [0.15, 0.2) is 4.34 Å². The summed E-state index contributed by atoms with van der Waals surface area (Å²) in [7, 11) is 0. The molecule has 1 heterocycles. The number of fused-ring (bicyclic) bond motifs is 1. The smallest absolute Gasteiger partial charge is 0.321 e. The summed E-state index contributed by atoms with van der Waals surface area (Å²) >= 11 is 8.83. The monoisotopic (exact) mass is 397 g/mol. The van der Waals surface area contributed by atoms with Crippen LogP contribution < -0.4 is 10.6 Å². The van der Waals surface area contributed by atoms with Crippen LogP contribution in [0.4, 0.5) is 4.79 Å². The van der Waals surface area contributed by atoms with Gasteiger partial charge in [-0.25, -0.2) is 9.78 Å². The Morgan fingerprint density at radius 2 is 2.08 bits per heavy atom. The van der Waals surface area contributed by atoms with Crippen LogP contribution in [0.5, 0.6) is 0 Å². The lowest BCUT2D eigenvalue weighted by molar-refractivity contribution is -0.119. The van der Waals surface area contributed by atoms with Crippen molar-refractivity contribution in [3.63, 3.8) is 0 Å². The molecule has 1 aliphatic carbocycles. The van der Waals surface area contributed by atoms with Crippen LogP contribution in [-0.2, 0) is 4.79 Å². The first kappa shape index (κ1) is 18.5. The van der Waals surface area contributed by atoms with Crippen LogP contribution in [-0.4, -0.2) is 28.2 Å². The van der Waals surface area contributed by atoms with Crippen molar-refractivity contribution in [2.75, 3.05) is 0 Å². The third kappa shape index (κ3) is 5.09. The lowest BCUT2D eigenvalue weighted by Crippen LogP contribution is -2.47. The SMILES string of the molecule is C[C@@H](Sc1nc2cc(Cl)ccc2s1)C(=O)NC(=O)NC1CCCCC1. The minimum Gasteiger partial charge on any atom is -0.335 e. The Hall–Kier alpha value is -1.31. The fourth-order valence-electron chi connectivity index (χ4n) is 2.82. The fraction of sp³-hybridized carbons (Fsp3) is 0.471. The zero-order valence-electron chi connectivity index (χ0n) is 13.9. The van der Waals surface area contributed by atoms with Crippen molar-refractivity contribution in [2.45, 2.75) is 54.7 Å². The van der Waals surface area contributed by atoms with Gasteiger partial charge in [0.1, 0.15) is 0 Å². The van der Waals surface area contributed by atoms with E-state index in [2.05, 4.69) is 15.6 Å². The zero-order valence-corrected chi connectivity index (χ0v) is 16.3. The predicted molar refractivity (Wildman–Crippen MR) is 103 cm³/mol. The van der Waals surface area contributed by atoms with Gasteiger partial charge in [-0.15, -0.1) is 11.3 Å². The number of nitrogens with zero attached hydrogens (tertiary/aromatic N) is 1. The molecular weight excluding hydrogens is 378 g/mol. The normalized spacial score (nSPS) is 16.6. The Morgan fingerprint density at radius 1 is 1.32 bits per heavy atom. The van der Waals surface area contributed by atoms with Crippen LogP contribution >= 0.6 is 34.7 Å². The number of aromatic nitrogens is 1. The van der Waals surface area contributed by atoms with Crippen molar-refractivity contribution in [3.8, 4) is 0 Å². The highest BCUT2D eigenvalue weighted by Crippen LogP contribution is 2.33. The van der Waals surface area contributed by atoms with Crippen LogP contribution in [0.1, 0.15) is 39.0 Å². The van der Waals surface area contributed by atoms with E-state index in [0.717, 1.165) is 40.2 Å². The summed E-state index contributed by atoms with van der Waals surface area (Å²) in [5, 5.41) is 5.55. The van der Waals surface area contributed by atoms with E-state index in [1.54, 1.807) is 13.0 Å². The highest BCUT2D eigenvalue weighted by atomic mass is 35.5. The molecular formula is C17H20ClN3O2S2. The highest BCUT2D eigenvalue weighted by molar-refractivity contribution is 8.02. The number of halogens is 1. The lowest BCUT2D eigenvalue weighted by Gasteiger charge is -2.22.